The van der Waals surface area contributed by atoms with E-state index < -0.39 is 11.9 Å². The lowest BCUT2D eigenvalue weighted by atomic mass is 10.1. The molecular formula is C13H17F3N4O. The predicted octanol–water partition coefficient (Wildman–Crippen LogP) is 1.32. The van der Waals surface area contributed by atoms with E-state index in [1.54, 1.807) is 0 Å². The lowest BCUT2D eigenvalue weighted by Crippen LogP contribution is -2.61. The standard InChI is InChI=1S/C13H17F3N4O/c1-9-17-11(13(14,15)16)6-12(18-9)20-7-10(8-20)19-2-4-21-5-3-19/h6,10H,2-5,7-8H2,1H3. The lowest BCUT2D eigenvalue weighted by Gasteiger charge is -2.47. The molecule has 2 aliphatic heterocycles. The second-order valence-electron chi connectivity index (χ2n) is 5.36. The molecule has 0 amide bonds. The highest BCUT2D eigenvalue weighted by molar-refractivity contribution is 5.44. The van der Waals surface area contributed by atoms with Gasteiger partial charge in [-0.1, -0.05) is 0 Å². The third-order valence-electron chi connectivity index (χ3n) is 3.86. The monoisotopic (exact) mass is 302 g/mol. The Hall–Kier alpha value is -1.41. The quantitative estimate of drug-likeness (QED) is 0.824. The lowest BCUT2D eigenvalue weighted by molar-refractivity contribution is -0.141. The number of hydrogen-bond acceptors (Lipinski definition) is 5. The molecule has 0 bridgehead atoms. The second kappa shape index (κ2) is 5.42. The van der Waals surface area contributed by atoms with Gasteiger partial charge >= 0.3 is 6.18 Å². The van der Waals surface area contributed by atoms with Crippen LogP contribution in [-0.4, -0.2) is 60.3 Å². The largest absolute Gasteiger partial charge is 0.433 e. The van der Waals surface area contributed by atoms with Crippen LogP contribution in [-0.2, 0) is 10.9 Å². The number of aryl methyl sites for hydroxylation is 1. The van der Waals surface area contributed by atoms with E-state index in [9.17, 15) is 13.2 Å². The predicted molar refractivity (Wildman–Crippen MR) is 70.2 cm³/mol. The molecule has 1 aromatic rings. The molecule has 0 atom stereocenters. The van der Waals surface area contributed by atoms with E-state index in [2.05, 4.69) is 14.9 Å². The molecule has 0 spiro atoms. The van der Waals surface area contributed by atoms with Gasteiger partial charge in [-0.3, -0.25) is 4.90 Å². The van der Waals surface area contributed by atoms with Crippen LogP contribution in [0.25, 0.3) is 0 Å². The molecule has 0 unspecified atom stereocenters. The number of ether oxygens (including phenoxy) is 1. The number of morpholine rings is 1. The molecule has 5 nitrogen and oxygen atoms in total. The van der Waals surface area contributed by atoms with Crippen molar-refractivity contribution < 1.29 is 17.9 Å². The van der Waals surface area contributed by atoms with Crippen LogP contribution in [0, 0.1) is 6.92 Å². The van der Waals surface area contributed by atoms with Crippen LogP contribution in [0.4, 0.5) is 19.0 Å². The number of halogens is 3. The minimum Gasteiger partial charge on any atom is -0.379 e. The van der Waals surface area contributed by atoms with Gasteiger partial charge < -0.3 is 9.64 Å². The summed E-state index contributed by atoms with van der Waals surface area (Å²) in [4.78, 5) is 11.8. The zero-order valence-electron chi connectivity index (χ0n) is 11.7. The molecule has 1 aromatic heterocycles. The minimum absolute atomic E-state index is 0.148. The molecule has 0 aromatic carbocycles. The van der Waals surface area contributed by atoms with Crippen LogP contribution in [0.15, 0.2) is 6.07 Å². The fraction of sp³-hybridized carbons (Fsp3) is 0.692. The Morgan fingerprint density at radius 3 is 2.48 bits per heavy atom. The molecule has 0 saturated carbocycles. The molecule has 2 saturated heterocycles. The van der Waals surface area contributed by atoms with Gasteiger partial charge in [-0.05, 0) is 6.92 Å². The maximum Gasteiger partial charge on any atom is 0.433 e. The van der Waals surface area contributed by atoms with Crippen LogP contribution in [0.1, 0.15) is 11.5 Å². The van der Waals surface area contributed by atoms with E-state index in [0.717, 1.165) is 32.4 Å². The van der Waals surface area contributed by atoms with Gasteiger partial charge in [0.1, 0.15) is 17.3 Å². The molecule has 2 fully saturated rings. The van der Waals surface area contributed by atoms with Crippen molar-refractivity contribution in [2.45, 2.75) is 19.1 Å². The fourth-order valence-corrected chi connectivity index (χ4v) is 2.68. The number of nitrogens with zero attached hydrogens (tertiary/aromatic N) is 4. The van der Waals surface area contributed by atoms with E-state index in [1.165, 1.54) is 6.92 Å². The SMILES string of the molecule is Cc1nc(N2CC(N3CCOCC3)C2)cc(C(F)(F)F)n1. The number of aromatic nitrogens is 2. The summed E-state index contributed by atoms with van der Waals surface area (Å²) < 4.78 is 43.6. The van der Waals surface area contributed by atoms with Gasteiger partial charge in [0.05, 0.1) is 13.2 Å². The van der Waals surface area contributed by atoms with Crippen LogP contribution in [0.5, 0.6) is 0 Å². The summed E-state index contributed by atoms with van der Waals surface area (Å²) >= 11 is 0. The first-order valence-electron chi connectivity index (χ1n) is 6.93. The van der Waals surface area contributed by atoms with Crippen molar-refractivity contribution >= 4 is 5.82 Å². The molecule has 116 valence electrons. The molecule has 3 rings (SSSR count). The highest BCUT2D eigenvalue weighted by Crippen LogP contribution is 2.31. The average Bonchev–Trinajstić information content (AvgIpc) is 2.36. The summed E-state index contributed by atoms with van der Waals surface area (Å²) in [6.45, 7) is 6.10. The topological polar surface area (TPSA) is 41.5 Å². The highest BCUT2D eigenvalue weighted by atomic mass is 19.4. The molecule has 3 heterocycles. The summed E-state index contributed by atoms with van der Waals surface area (Å²) in [6, 6.07) is 1.40. The Balaban J connectivity index is 1.67. The first-order valence-corrected chi connectivity index (χ1v) is 6.93. The van der Waals surface area contributed by atoms with E-state index in [4.69, 9.17) is 4.74 Å². The first-order chi connectivity index (χ1) is 9.93. The van der Waals surface area contributed by atoms with Crippen molar-refractivity contribution in [2.24, 2.45) is 0 Å². The van der Waals surface area contributed by atoms with Crippen LogP contribution < -0.4 is 4.90 Å². The maximum atomic E-state index is 12.8. The van der Waals surface area contributed by atoms with Crippen LogP contribution >= 0.6 is 0 Å². The van der Waals surface area contributed by atoms with Crippen molar-refractivity contribution in [3.63, 3.8) is 0 Å². The second-order valence-corrected chi connectivity index (χ2v) is 5.36. The van der Waals surface area contributed by atoms with Gasteiger partial charge in [0, 0.05) is 38.3 Å². The number of alkyl halides is 3. The number of anilines is 1. The van der Waals surface area contributed by atoms with Gasteiger partial charge in [0.25, 0.3) is 0 Å². The maximum absolute atomic E-state index is 12.8. The third-order valence-corrected chi connectivity index (χ3v) is 3.86. The van der Waals surface area contributed by atoms with Crippen molar-refractivity contribution in [3.05, 3.63) is 17.6 Å². The van der Waals surface area contributed by atoms with Gasteiger partial charge in [-0.2, -0.15) is 13.2 Å². The Bertz CT molecular complexity index is 511. The fourth-order valence-electron chi connectivity index (χ4n) is 2.68. The van der Waals surface area contributed by atoms with Crippen LogP contribution in [0.3, 0.4) is 0 Å². The summed E-state index contributed by atoms with van der Waals surface area (Å²) in [6.07, 6.45) is -4.43. The summed E-state index contributed by atoms with van der Waals surface area (Å²) in [7, 11) is 0. The minimum atomic E-state index is -4.43. The third kappa shape index (κ3) is 3.11. The zero-order valence-corrected chi connectivity index (χ0v) is 11.7. The van der Waals surface area contributed by atoms with Crippen molar-refractivity contribution in [1.82, 2.24) is 14.9 Å². The molecule has 2 aliphatic rings. The van der Waals surface area contributed by atoms with E-state index in [0.29, 0.717) is 24.9 Å². The average molecular weight is 302 g/mol. The Labute approximate surface area is 120 Å². The Kier molecular flexibility index (Phi) is 3.75. The van der Waals surface area contributed by atoms with Gasteiger partial charge in [0.15, 0.2) is 0 Å². The molecule has 0 N–H and O–H groups in total. The molecule has 0 radical (unpaired) electrons. The van der Waals surface area contributed by atoms with Gasteiger partial charge in [-0.25, -0.2) is 9.97 Å². The van der Waals surface area contributed by atoms with E-state index >= 15 is 0 Å². The summed E-state index contributed by atoms with van der Waals surface area (Å²) in [5.41, 5.74) is -0.875. The first kappa shape index (κ1) is 14.5. The smallest absolute Gasteiger partial charge is 0.379 e. The van der Waals surface area contributed by atoms with Gasteiger partial charge in [0.2, 0.25) is 0 Å². The summed E-state index contributed by atoms with van der Waals surface area (Å²) in [5.74, 6) is 0.508. The molecule has 8 heteroatoms. The number of hydrogen-bond donors (Lipinski definition) is 0. The zero-order chi connectivity index (χ0) is 15.0. The van der Waals surface area contributed by atoms with Crippen molar-refractivity contribution in [2.75, 3.05) is 44.3 Å². The van der Waals surface area contributed by atoms with Crippen LogP contribution in [0.2, 0.25) is 0 Å². The normalized spacial score (nSPS) is 21.4. The van der Waals surface area contributed by atoms with Gasteiger partial charge in [-0.15, -0.1) is 0 Å². The van der Waals surface area contributed by atoms with Crippen molar-refractivity contribution in [1.29, 1.82) is 0 Å². The Morgan fingerprint density at radius 2 is 1.86 bits per heavy atom. The van der Waals surface area contributed by atoms with Crippen molar-refractivity contribution in [3.8, 4) is 0 Å². The molecule has 0 aliphatic carbocycles. The highest BCUT2D eigenvalue weighted by Gasteiger charge is 2.37. The number of rotatable bonds is 2. The van der Waals surface area contributed by atoms with E-state index in [-0.39, 0.29) is 5.82 Å². The summed E-state index contributed by atoms with van der Waals surface area (Å²) in [5, 5.41) is 0. The molecular weight excluding hydrogens is 285 g/mol. The molecule has 21 heavy (non-hydrogen) atoms. The Morgan fingerprint density at radius 1 is 1.19 bits per heavy atom. The van der Waals surface area contributed by atoms with E-state index in [1.807, 2.05) is 4.90 Å².